The van der Waals surface area contributed by atoms with Gasteiger partial charge in [-0.2, -0.15) is 5.10 Å². The molecule has 5 N–H and O–H groups in total. The molecule has 1 aliphatic heterocycles. The first-order valence-corrected chi connectivity index (χ1v) is 9.65. The maximum atomic E-state index is 12.1. The van der Waals surface area contributed by atoms with E-state index in [0.29, 0.717) is 29.1 Å². The van der Waals surface area contributed by atoms with Crippen molar-refractivity contribution in [1.82, 2.24) is 15.1 Å². The average Bonchev–Trinajstić information content (AvgIpc) is 3.24. The van der Waals surface area contributed by atoms with Gasteiger partial charge in [0.15, 0.2) is 0 Å². The van der Waals surface area contributed by atoms with Crippen molar-refractivity contribution in [3.8, 4) is 17.0 Å². The van der Waals surface area contributed by atoms with Crippen LogP contribution in [-0.4, -0.2) is 35.4 Å². The van der Waals surface area contributed by atoms with E-state index in [1.807, 2.05) is 24.3 Å². The number of carbonyl (C=O) groups is 1. The summed E-state index contributed by atoms with van der Waals surface area (Å²) in [6, 6.07) is 7.78. The van der Waals surface area contributed by atoms with Crippen LogP contribution in [0.4, 0.5) is 5.82 Å². The highest BCUT2D eigenvalue weighted by Crippen LogP contribution is 2.53. The van der Waals surface area contributed by atoms with Gasteiger partial charge in [-0.3, -0.25) is 4.79 Å². The van der Waals surface area contributed by atoms with Crippen molar-refractivity contribution in [2.75, 3.05) is 25.4 Å². The lowest BCUT2D eigenvalue weighted by Crippen LogP contribution is -2.40. The van der Waals surface area contributed by atoms with Gasteiger partial charge >= 0.3 is 0 Å². The zero-order valence-electron chi connectivity index (χ0n) is 15.7. The van der Waals surface area contributed by atoms with Crippen LogP contribution in [0.25, 0.3) is 11.3 Å². The van der Waals surface area contributed by atoms with E-state index in [9.17, 15) is 4.79 Å². The molecule has 2 fully saturated rings. The number of aromatic nitrogens is 2. The second-order valence-corrected chi connectivity index (χ2v) is 7.78. The normalized spacial score (nSPS) is 24.1. The Kier molecular flexibility index (Phi) is 4.55. The lowest BCUT2D eigenvalue weighted by Gasteiger charge is -2.45. The Labute approximate surface area is 159 Å². The molecule has 7 heteroatoms. The lowest BCUT2D eigenvalue weighted by molar-refractivity contribution is 0.0774. The van der Waals surface area contributed by atoms with Gasteiger partial charge in [0.25, 0.3) is 5.91 Å². The molecule has 1 saturated carbocycles. The first kappa shape index (κ1) is 17.9. The highest BCUT2D eigenvalue weighted by atomic mass is 16.5. The largest absolute Gasteiger partial charge is 0.494 e. The van der Waals surface area contributed by atoms with Crippen molar-refractivity contribution in [3.63, 3.8) is 0 Å². The van der Waals surface area contributed by atoms with Gasteiger partial charge in [0.1, 0.15) is 22.8 Å². The topological polar surface area (TPSA) is 108 Å². The molecule has 2 aliphatic rings. The van der Waals surface area contributed by atoms with Gasteiger partial charge in [-0.1, -0.05) is 6.92 Å². The number of primary amides is 1. The van der Waals surface area contributed by atoms with E-state index >= 15 is 0 Å². The van der Waals surface area contributed by atoms with E-state index in [4.69, 9.17) is 21.3 Å². The molecule has 144 valence electrons. The zero-order chi connectivity index (χ0) is 19.0. The van der Waals surface area contributed by atoms with E-state index < -0.39 is 5.91 Å². The molecular weight excluding hydrogens is 342 g/mol. The first-order chi connectivity index (χ1) is 13.0. The molecule has 2 aromatic rings. The lowest BCUT2D eigenvalue weighted by atomic mass is 9.65. The highest BCUT2D eigenvalue weighted by molar-refractivity contribution is 6.03. The van der Waals surface area contributed by atoms with Gasteiger partial charge < -0.3 is 21.5 Å². The third kappa shape index (κ3) is 3.16. The van der Waals surface area contributed by atoms with Crippen molar-refractivity contribution in [3.05, 3.63) is 29.8 Å². The van der Waals surface area contributed by atoms with Crippen molar-refractivity contribution in [2.45, 2.75) is 38.6 Å². The number of hydrogen-bond donors (Lipinski definition) is 3. The molecule has 1 aliphatic carbocycles. The van der Waals surface area contributed by atoms with Gasteiger partial charge in [0, 0.05) is 12.1 Å². The Balaban J connectivity index is 1.62. The number of rotatable bonds is 6. The zero-order valence-corrected chi connectivity index (χ0v) is 15.7. The van der Waals surface area contributed by atoms with Crippen LogP contribution in [0.2, 0.25) is 0 Å². The average molecular weight is 369 g/mol. The molecule has 0 radical (unpaired) electrons. The van der Waals surface area contributed by atoms with Crippen LogP contribution in [0, 0.1) is 5.41 Å². The van der Waals surface area contributed by atoms with Crippen molar-refractivity contribution < 1.29 is 9.53 Å². The van der Waals surface area contributed by atoms with Crippen molar-refractivity contribution in [1.29, 1.82) is 0 Å². The van der Waals surface area contributed by atoms with Crippen LogP contribution in [0.5, 0.6) is 5.75 Å². The predicted octanol–water partition coefficient (Wildman–Crippen LogP) is 2.33. The maximum absolute atomic E-state index is 12.1. The van der Waals surface area contributed by atoms with E-state index in [1.165, 1.54) is 6.42 Å². The molecule has 1 aromatic carbocycles. The minimum Gasteiger partial charge on any atom is -0.494 e. The summed E-state index contributed by atoms with van der Waals surface area (Å²) in [6.45, 7) is 4.87. The van der Waals surface area contributed by atoms with Crippen LogP contribution in [-0.2, 0) is 0 Å². The van der Waals surface area contributed by atoms with E-state index in [-0.39, 0.29) is 6.04 Å². The monoisotopic (exact) mass is 369 g/mol. The second-order valence-electron chi connectivity index (χ2n) is 7.78. The van der Waals surface area contributed by atoms with E-state index in [0.717, 1.165) is 43.7 Å². The summed E-state index contributed by atoms with van der Waals surface area (Å²) in [5.74, 6) is 0.620. The number of ether oxygens (including phenoxy) is 1. The SMILES string of the molecule is CCCOc1ccc(-c2nn([C@H]3C[C@@]4(CCNC4)C3)c(N)c2C(N)=O)cc1. The second kappa shape index (κ2) is 6.88. The summed E-state index contributed by atoms with van der Waals surface area (Å²) >= 11 is 0. The van der Waals surface area contributed by atoms with Gasteiger partial charge in [-0.05, 0) is 61.9 Å². The fourth-order valence-electron chi connectivity index (χ4n) is 4.36. The molecule has 1 aromatic heterocycles. The maximum Gasteiger partial charge on any atom is 0.254 e. The highest BCUT2D eigenvalue weighted by Gasteiger charge is 2.47. The number of nitrogens with zero attached hydrogens (tertiary/aromatic N) is 2. The third-order valence-corrected chi connectivity index (χ3v) is 5.81. The molecule has 4 rings (SSSR count). The Morgan fingerprint density at radius 3 is 2.70 bits per heavy atom. The number of nitrogens with two attached hydrogens (primary N) is 2. The summed E-state index contributed by atoms with van der Waals surface area (Å²) in [4.78, 5) is 12.1. The number of hydrogen-bond acceptors (Lipinski definition) is 5. The summed E-state index contributed by atoms with van der Waals surface area (Å²) < 4.78 is 7.43. The summed E-state index contributed by atoms with van der Waals surface area (Å²) in [5.41, 5.74) is 14.0. The van der Waals surface area contributed by atoms with Gasteiger partial charge in [-0.15, -0.1) is 0 Å². The number of benzene rings is 1. The number of anilines is 1. The summed E-state index contributed by atoms with van der Waals surface area (Å²) in [5, 5.41) is 8.13. The van der Waals surface area contributed by atoms with Crippen LogP contribution in [0.3, 0.4) is 0 Å². The number of nitrogens with one attached hydrogen (secondary N) is 1. The van der Waals surface area contributed by atoms with E-state index in [2.05, 4.69) is 12.2 Å². The minimum absolute atomic E-state index is 0.226. The van der Waals surface area contributed by atoms with Crippen LogP contribution in [0.15, 0.2) is 24.3 Å². The summed E-state index contributed by atoms with van der Waals surface area (Å²) in [6.07, 6.45) is 4.22. The standard InChI is InChI=1S/C20H27N5O2/c1-2-9-27-15-5-3-13(4-6-15)17-16(19(22)26)18(21)25(24-17)14-10-20(11-14)7-8-23-12-20/h3-6,14,23H,2,7-12,21H2,1H3,(H2,22,26)/t14-,20-. The smallest absolute Gasteiger partial charge is 0.254 e. The molecule has 0 bridgehead atoms. The number of carbonyl (C=O) groups excluding carboxylic acids is 1. The molecule has 27 heavy (non-hydrogen) atoms. The molecule has 1 amide bonds. The molecule has 2 heterocycles. The predicted molar refractivity (Wildman–Crippen MR) is 105 cm³/mol. The fourth-order valence-corrected chi connectivity index (χ4v) is 4.36. The Hall–Kier alpha value is -2.54. The fraction of sp³-hybridized carbons (Fsp3) is 0.500. The molecular formula is C20H27N5O2. The number of amides is 1. The Morgan fingerprint density at radius 2 is 2.11 bits per heavy atom. The quantitative estimate of drug-likeness (QED) is 0.724. The van der Waals surface area contributed by atoms with Gasteiger partial charge in [0.2, 0.25) is 0 Å². The van der Waals surface area contributed by atoms with Crippen molar-refractivity contribution >= 4 is 11.7 Å². The van der Waals surface area contributed by atoms with E-state index in [1.54, 1.807) is 4.68 Å². The molecule has 1 spiro atoms. The van der Waals surface area contributed by atoms with Crippen LogP contribution >= 0.6 is 0 Å². The van der Waals surface area contributed by atoms with Gasteiger partial charge in [0.05, 0.1) is 12.6 Å². The third-order valence-electron chi connectivity index (χ3n) is 5.81. The van der Waals surface area contributed by atoms with Gasteiger partial charge in [-0.25, -0.2) is 4.68 Å². The molecule has 7 nitrogen and oxygen atoms in total. The Bertz CT molecular complexity index is 829. The van der Waals surface area contributed by atoms with Crippen LogP contribution < -0.4 is 21.5 Å². The van der Waals surface area contributed by atoms with Crippen molar-refractivity contribution in [2.24, 2.45) is 11.1 Å². The first-order valence-electron chi connectivity index (χ1n) is 9.65. The van der Waals surface area contributed by atoms with Crippen LogP contribution in [0.1, 0.15) is 49.0 Å². The molecule has 0 atom stereocenters. The molecule has 1 saturated heterocycles. The Morgan fingerprint density at radius 1 is 1.37 bits per heavy atom. The summed E-state index contributed by atoms with van der Waals surface area (Å²) in [7, 11) is 0. The molecule has 0 unspecified atom stereocenters. The number of nitrogen functional groups attached to an aromatic ring is 1. The minimum atomic E-state index is -0.545.